The third-order valence-electron chi connectivity index (χ3n) is 4.68. The number of aliphatic hydroxyl groups excluding tert-OH is 1. The van der Waals surface area contributed by atoms with Gasteiger partial charge in [-0.15, -0.1) is 11.3 Å². The van der Waals surface area contributed by atoms with Crippen LogP contribution in [0.4, 0.5) is 0 Å². The van der Waals surface area contributed by atoms with Crippen LogP contribution in [0.25, 0.3) is 0 Å². The number of nitrogens with one attached hydrogen (secondary N) is 1. The zero-order valence-electron chi connectivity index (χ0n) is 11.9. The summed E-state index contributed by atoms with van der Waals surface area (Å²) in [6.45, 7) is 5.50. The first-order valence-electron chi connectivity index (χ1n) is 7.44. The van der Waals surface area contributed by atoms with E-state index in [9.17, 15) is 5.11 Å². The highest BCUT2D eigenvalue weighted by Gasteiger charge is 2.40. The summed E-state index contributed by atoms with van der Waals surface area (Å²) in [6.07, 6.45) is 6.12. The highest BCUT2D eigenvalue weighted by atomic mass is 32.1. The molecule has 0 aliphatic heterocycles. The average molecular weight is 280 g/mol. The fraction of sp³-hybridized carbons (Fsp3) is 0.800. The highest BCUT2D eigenvalue weighted by molar-refractivity contribution is 7.11. The van der Waals surface area contributed by atoms with E-state index in [0.717, 1.165) is 18.9 Å². The van der Waals surface area contributed by atoms with Crippen molar-refractivity contribution in [3.05, 3.63) is 15.6 Å². The molecule has 0 radical (unpaired) electrons. The lowest BCUT2D eigenvalue weighted by Gasteiger charge is -2.28. The topological polar surface area (TPSA) is 45.2 Å². The SMILES string of the molecule is CC1CCc2nc(CNC(C)(CO)C3CC3)sc2C1. The van der Waals surface area contributed by atoms with Crippen LogP contribution in [0.3, 0.4) is 0 Å². The van der Waals surface area contributed by atoms with Gasteiger partial charge in [0.1, 0.15) is 5.01 Å². The molecule has 1 heterocycles. The van der Waals surface area contributed by atoms with Gasteiger partial charge >= 0.3 is 0 Å². The van der Waals surface area contributed by atoms with Gasteiger partial charge in [-0.3, -0.25) is 0 Å². The summed E-state index contributed by atoms with van der Waals surface area (Å²) < 4.78 is 0. The van der Waals surface area contributed by atoms with Crippen LogP contribution in [0.2, 0.25) is 0 Å². The Labute approximate surface area is 119 Å². The van der Waals surface area contributed by atoms with Crippen molar-refractivity contribution in [2.24, 2.45) is 11.8 Å². The largest absolute Gasteiger partial charge is 0.394 e. The first-order chi connectivity index (χ1) is 9.10. The van der Waals surface area contributed by atoms with E-state index in [0.29, 0.717) is 5.92 Å². The van der Waals surface area contributed by atoms with Crippen LogP contribution >= 0.6 is 11.3 Å². The van der Waals surface area contributed by atoms with Crippen LogP contribution in [0.1, 0.15) is 48.7 Å². The predicted octanol–water partition coefficient (Wildman–Crippen LogP) is 2.52. The third kappa shape index (κ3) is 2.86. The Morgan fingerprint density at radius 1 is 1.42 bits per heavy atom. The summed E-state index contributed by atoms with van der Waals surface area (Å²) in [5.74, 6) is 1.45. The minimum absolute atomic E-state index is 0.112. The number of fused-ring (bicyclic) bond motifs is 1. The van der Waals surface area contributed by atoms with Gasteiger partial charge in [0.05, 0.1) is 12.3 Å². The average Bonchev–Trinajstić information content (AvgIpc) is 3.17. The fourth-order valence-corrected chi connectivity index (χ4v) is 4.21. The van der Waals surface area contributed by atoms with Crippen LogP contribution in [-0.4, -0.2) is 22.2 Å². The molecular formula is C15H24N2OS. The maximum Gasteiger partial charge on any atom is 0.107 e. The molecule has 19 heavy (non-hydrogen) atoms. The molecule has 2 N–H and O–H groups in total. The van der Waals surface area contributed by atoms with Crippen molar-refractivity contribution in [3.8, 4) is 0 Å². The molecule has 1 aromatic heterocycles. The summed E-state index contributed by atoms with van der Waals surface area (Å²) >= 11 is 1.87. The minimum atomic E-state index is -0.112. The van der Waals surface area contributed by atoms with Crippen LogP contribution in [0, 0.1) is 11.8 Å². The summed E-state index contributed by atoms with van der Waals surface area (Å²) in [5.41, 5.74) is 1.22. The van der Waals surface area contributed by atoms with Gasteiger partial charge in [0.15, 0.2) is 0 Å². The van der Waals surface area contributed by atoms with Crippen molar-refractivity contribution in [1.82, 2.24) is 10.3 Å². The molecule has 0 amide bonds. The molecule has 2 aliphatic carbocycles. The summed E-state index contributed by atoms with van der Waals surface area (Å²) in [4.78, 5) is 6.27. The van der Waals surface area contributed by atoms with Crippen molar-refractivity contribution >= 4 is 11.3 Å². The van der Waals surface area contributed by atoms with E-state index >= 15 is 0 Å². The standard InChI is InChI=1S/C15H24N2OS/c1-10-3-6-12-13(7-10)19-14(17-12)8-16-15(2,9-18)11-4-5-11/h10-11,16,18H,3-9H2,1-2H3. The predicted molar refractivity (Wildman–Crippen MR) is 78.4 cm³/mol. The van der Waals surface area contributed by atoms with Gasteiger partial charge < -0.3 is 10.4 Å². The minimum Gasteiger partial charge on any atom is -0.394 e. The van der Waals surface area contributed by atoms with E-state index in [1.54, 1.807) is 0 Å². The van der Waals surface area contributed by atoms with Crippen LogP contribution in [-0.2, 0) is 19.4 Å². The van der Waals surface area contributed by atoms with Crippen LogP contribution < -0.4 is 5.32 Å². The quantitative estimate of drug-likeness (QED) is 0.871. The van der Waals surface area contributed by atoms with Gasteiger partial charge in [0.2, 0.25) is 0 Å². The van der Waals surface area contributed by atoms with Crippen molar-refractivity contribution in [1.29, 1.82) is 0 Å². The Morgan fingerprint density at radius 2 is 2.21 bits per heavy atom. The molecule has 2 atom stereocenters. The number of rotatable bonds is 5. The molecule has 3 nitrogen and oxygen atoms in total. The van der Waals surface area contributed by atoms with Crippen molar-refractivity contribution in [2.75, 3.05) is 6.61 Å². The molecule has 0 bridgehead atoms. The van der Waals surface area contributed by atoms with Crippen molar-refractivity contribution < 1.29 is 5.11 Å². The second-order valence-corrected chi connectivity index (χ2v) is 7.70. The zero-order chi connectivity index (χ0) is 13.5. The van der Waals surface area contributed by atoms with Crippen LogP contribution in [0.15, 0.2) is 0 Å². The second kappa shape index (κ2) is 5.15. The number of aryl methyl sites for hydroxylation is 1. The molecule has 0 saturated heterocycles. The number of hydrogen-bond donors (Lipinski definition) is 2. The second-order valence-electron chi connectivity index (χ2n) is 6.53. The van der Waals surface area contributed by atoms with Gasteiger partial charge in [-0.2, -0.15) is 0 Å². The summed E-state index contributed by atoms with van der Waals surface area (Å²) in [6, 6.07) is 0. The molecule has 4 heteroatoms. The zero-order valence-corrected chi connectivity index (χ0v) is 12.7. The first-order valence-corrected chi connectivity index (χ1v) is 8.25. The van der Waals surface area contributed by atoms with E-state index in [-0.39, 0.29) is 12.1 Å². The monoisotopic (exact) mass is 280 g/mol. The van der Waals surface area contributed by atoms with E-state index in [2.05, 4.69) is 19.2 Å². The van der Waals surface area contributed by atoms with E-state index in [1.165, 1.54) is 41.3 Å². The molecule has 1 aromatic rings. The molecule has 1 saturated carbocycles. The lowest BCUT2D eigenvalue weighted by atomic mass is 9.93. The molecule has 3 rings (SSSR count). The number of hydrogen-bond acceptors (Lipinski definition) is 4. The highest BCUT2D eigenvalue weighted by Crippen LogP contribution is 2.39. The van der Waals surface area contributed by atoms with Gasteiger partial charge in [-0.05, 0) is 50.9 Å². The molecule has 0 aromatic carbocycles. The van der Waals surface area contributed by atoms with Gasteiger partial charge in [-0.1, -0.05) is 6.92 Å². The molecule has 0 spiro atoms. The Bertz CT molecular complexity index is 455. The smallest absolute Gasteiger partial charge is 0.107 e. The molecule has 106 valence electrons. The normalized spacial score (nSPS) is 25.9. The van der Waals surface area contributed by atoms with Gasteiger partial charge in [0.25, 0.3) is 0 Å². The Morgan fingerprint density at radius 3 is 2.89 bits per heavy atom. The van der Waals surface area contributed by atoms with E-state index < -0.39 is 0 Å². The number of thiazole rings is 1. The molecule has 2 aliphatic rings. The van der Waals surface area contributed by atoms with Gasteiger partial charge in [-0.25, -0.2) is 4.98 Å². The first kappa shape index (κ1) is 13.5. The van der Waals surface area contributed by atoms with Crippen molar-refractivity contribution in [2.45, 2.75) is 58.0 Å². The van der Waals surface area contributed by atoms with Gasteiger partial charge in [0, 0.05) is 17.0 Å². The lowest BCUT2D eigenvalue weighted by Crippen LogP contribution is -2.47. The Hall–Kier alpha value is -0.450. The molecular weight excluding hydrogens is 256 g/mol. The van der Waals surface area contributed by atoms with Crippen molar-refractivity contribution in [3.63, 3.8) is 0 Å². The molecule has 1 fully saturated rings. The third-order valence-corrected chi connectivity index (χ3v) is 5.80. The molecule has 2 unspecified atom stereocenters. The lowest BCUT2D eigenvalue weighted by molar-refractivity contribution is 0.153. The van der Waals surface area contributed by atoms with Crippen LogP contribution in [0.5, 0.6) is 0 Å². The Balaban J connectivity index is 1.64. The van der Waals surface area contributed by atoms with E-state index in [1.807, 2.05) is 11.3 Å². The maximum atomic E-state index is 9.59. The number of aliphatic hydroxyl groups is 1. The summed E-state index contributed by atoms with van der Waals surface area (Å²) in [7, 11) is 0. The Kier molecular flexibility index (Phi) is 3.67. The maximum absolute atomic E-state index is 9.59. The fourth-order valence-electron chi connectivity index (χ4n) is 3.00. The van der Waals surface area contributed by atoms with E-state index in [4.69, 9.17) is 4.98 Å². The number of aromatic nitrogens is 1. The number of nitrogens with zero attached hydrogens (tertiary/aromatic N) is 1. The summed E-state index contributed by atoms with van der Waals surface area (Å²) in [5, 5.41) is 14.3.